The van der Waals surface area contributed by atoms with Crippen molar-refractivity contribution in [1.29, 1.82) is 0 Å². The molecule has 0 spiro atoms. The summed E-state index contributed by atoms with van der Waals surface area (Å²) in [5, 5.41) is 18.1. The van der Waals surface area contributed by atoms with Crippen LogP contribution in [-0.4, -0.2) is 101 Å². The molecule has 8 nitrogen and oxygen atoms in total. The Balaban J connectivity index is 1.38. The van der Waals surface area contributed by atoms with Gasteiger partial charge in [0.1, 0.15) is 24.4 Å². The second-order valence-corrected chi connectivity index (χ2v) is 5.13. The number of rotatable bonds is 12. The molecular weight excluding hydrogens is 296 g/mol. The van der Waals surface area contributed by atoms with Crippen LogP contribution in [0.25, 0.3) is 0 Å². The Morgan fingerprint density at radius 2 is 1.36 bits per heavy atom. The van der Waals surface area contributed by atoms with Crippen molar-refractivity contribution in [2.45, 2.75) is 24.4 Å². The molecule has 0 aromatic rings. The van der Waals surface area contributed by atoms with E-state index in [4.69, 9.17) is 33.5 Å². The Kier molecular flexibility index (Phi) is 8.56. The summed E-state index contributed by atoms with van der Waals surface area (Å²) in [7, 11) is 0. The lowest BCUT2D eigenvalue weighted by Gasteiger charge is -2.16. The van der Waals surface area contributed by atoms with Crippen molar-refractivity contribution >= 4 is 0 Å². The predicted molar refractivity (Wildman–Crippen MR) is 74.8 cm³/mol. The minimum absolute atomic E-state index is 0.0285. The Hall–Kier alpha value is -0.320. The molecule has 0 radical (unpaired) electrons. The van der Waals surface area contributed by atoms with E-state index in [1.807, 2.05) is 0 Å². The van der Waals surface area contributed by atoms with Gasteiger partial charge in [0.25, 0.3) is 0 Å². The highest BCUT2D eigenvalue weighted by Crippen LogP contribution is 2.28. The molecule has 130 valence electrons. The molecule has 0 aromatic heterocycles. The van der Waals surface area contributed by atoms with Gasteiger partial charge < -0.3 is 38.6 Å². The van der Waals surface area contributed by atoms with Crippen LogP contribution in [0.4, 0.5) is 0 Å². The highest BCUT2D eigenvalue weighted by molar-refractivity contribution is 4.94. The van der Waals surface area contributed by atoms with E-state index in [0.717, 1.165) is 0 Å². The maximum Gasteiger partial charge on any atom is 0.115 e. The summed E-state index contributed by atoms with van der Waals surface area (Å²) in [5.74, 6) is 0. The Morgan fingerprint density at radius 1 is 0.773 bits per heavy atom. The first-order chi connectivity index (χ1) is 10.8. The van der Waals surface area contributed by atoms with Gasteiger partial charge in [0.2, 0.25) is 0 Å². The van der Waals surface area contributed by atoms with Crippen molar-refractivity contribution in [3.8, 4) is 0 Å². The van der Waals surface area contributed by atoms with Gasteiger partial charge >= 0.3 is 0 Å². The number of fused-ring (bicyclic) bond motifs is 1. The molecular formula is C14H26O8. The van der Waals surface area contributed by atoms with Gasteiger partial charge in [-0.05, 0) is 0 Å². The molecule has 8 heteroatoms. The van der Waals surface area contributed by atoms with Gasteiger partial charge in [-0.15, -0.1) is 0 Å². The second kappa shape index (κ2) is 10.5. The van der Waals surface area contributed by atoms with E-state index >= 15 is 0 Å². The van der Waals surface area contributed by atoms with Gasteiger partial charge in [-0.2, -0.15) is 0 Å². The van der Waals surface area contributed by atoms with E-state index in [1.54, 1.807) is 0 Å². The Labute approximate surface area is 130 Å². The molecule has 2 N–H and O–H groups in total. The van der Waals surface area contributed by atoms with E-state index < -0.39 is 6.10 Å². The molecule has 0 amide bonds. The molecule has 0 unspecified atom stereocenters. The van der Waals surface area contributed by atoms with Gasteiger partial charge in [-0.3, -0.25) is 0 Å². The second-order valence-electron chi connectivity index (χ2n) is 5.13. The molecule has 0 aromatic carbocycles. The van der Waals surface area contributed by atoms with Gasteiger partial charge in [0, 0.05) is 0 Å². The maximum atomic E-state index is 9.61. The van der Waals surface area contributed by atoms with Crippen LogP contribution in [0.2, 0.25) is 0 Å². The summed E-state index contributed by atoms with van der Waals surface area (Å²) >= 11 is 0. The van der Waals surface area contributed by atoms with Crippen LogP contribution in [0.5, 0.6) is 0 Å². The van der Waals surface area contributed by atoms with E-state index in [-0.39, 0.29) is 24.9 Å². The molecule has 0 bridgehead atoms. The monoisotopic (exact) mass is 322 g/mol. The quantitative estimate of drug-likeness (QED) is 0.422. The normalized spacial score (nSPS) is 30.8. The topological polar surface area (TPSA) is 95.8 Å². The summed E-state index contributed by atoms with van der Waals surface area (Å²) in [6.07, 6.45) is -1.11. The van der Waals surface area contributed by atoms with E-state index in [0.29, 0.717) is 59.5 Å². The number of aliphatic hydroxyl groups is 2. The van der Waals surface area contributed by atoms with Crippen LogP contribution in [0.1, 0.15) is 0 Å². The highest BCUT2D eigenvalue weighted by atomic mass is 16.6. The molecule has 2 rings (SSSR count). The summed E-state index contributed by atoms with van der Waals surface area (Å²) in [5.41, 5.74) is 0. The lowest BCUT2D eigenvalue weighted by atomic mass is 10.1. The summed E-state index contributed by atoms with van der Waals surface area (Å²) in [6, 6.07) is 0. The van der Waals surface area contributed by atoms with Crippen molar-refractivity contribution in [2.75, 3.05) is 66.1 Å². The van der Waals surface area contributed by atoms with Gasteiger partial charge in [0.05, 0.1) is 66.1 Å². The molecule has 2 heterocycles. The largest absolute Gasteiger partial charge is 0.394 e. The van der Waals surface area contributed by atoms with E-state index in [2.05, 4.69) is 0 Å². The first-order valence-electron chi connectivity index (χ1n) is 7.70. The average Bonchev–Trinajstić information content (AvgIpc) is 3.09. The number of ether oxygens (including phenoxy) is 6. The third-order valence-electron chi connectivity index (χ3n) is 3.52. The van der Waals surface area contributed by atoms with Crippen molar-refractivity contribution in [1.82, 2.24) is 0 Å². The zero-order valence-electron chi connectivity index (χ0n) is 12.7. The molecule has 0 saturated carbocycles. The van der Waals surface area contributed by atoms with Crippen LogP contribution in [-0.2, 0) is 28.4 Å². The van der Waals surface area contributed by atoms with Gasteiger partial charge in [0.15, 0.2) is 0 Å². The van der Waals surface area contributed by atoms with Crippen LogP contribution in [0.3, 0.4) is 0 Å². The van der Waals surface area contributed by atoms with Crippen molar-refractivity contribution < 1.29 is 38.6 Å². The maximum absolute atomic E-state index is 9.61. The highest BCUT2D eigenvalue weighted by Gasteiger charge is 2.47. The number of aliphatic hydroxyl groups excluding tert-OH is 2. The Bertz CT molecular complexity index is 290. The fourth-order valence-electron chi connectivity index (χ4n) is 2.45. The van der Waals surface area contributed by atoms with Gasteiger partial charge in [-0.1, -0.05) is 0 Å². The van der Waals surface area contributed by atoms with Crippen LogP contribution < -0.4 is 0 Å². The first kappa shape index (κ1) is 18.0. The molecule has 2 aliphatic heterocycles. The predicted octanol–water partition coefficient (Wildman–Crippen LogP) is -1.43. The first-order valence-corrected chi connectivity index (χ1v) is 7.70. The summed E-state index contributed by atoms with van der Waals surface area (Å²) in [6.45, 7) is 4.00. The Morgan fingerprint density at radius 3 is 2.05 bits per heavy atom. The SMILES string of the molecule is OCCOCCOCCOCCO[C@H]1CO[C@H]2[C@@H]1OC[C@H]2O. The summed E-state index contributed by atoms with van der Waals surface area (Å²) < 4.78 is 32.3. The molecule has 2 aliphatic rings. The van der Waals surface area contributed by atoms with Crippen molar-refractivity contribution in [2.24, 2.45) is 0 Å². The minimum Gasteiger partial charge on any atom is -0.394 e. The standard InChI is InChI=1S/C14H26O8/c15-1-2-17-3-4-18-5-6-19-7-8-20-12-10-22-13-11(16)9-21-14(12)13/h11-16H,1-10H2/t11-,12+,13-,14-/m1/s1. The van der Waals surface area contributed by atoms with E-state index in [1.165, 1.54) is 0 Å². The molecule has 4 atom stereocenters. The molecule has 2 saturated heterocycles. The lowest BCUT2D eigenvalue weighted by Crippen LogP contribution is -2.33. The number of hydrogen-bond donors (Lipinski definition) is 2. The molecule has 2 fully saturated rings. The zero-order chi connectivity index (χ0) is 15.6. The third-order valence-corrected chi connectivity index (χ3v) is 3.52. The zero-order valence-corrected chi connectivity index (χ0v) is 12.7. The van der Waals surface area contributed by atoms with E-state index in [9.17, 15) is 5.11 Å². The fraction of sp³-hybridized carbons (Fsp3) is 1.00. The molecule has 0 aliphatic carbocycles. The fourth-order valence-corrected chi connectivity index (χ4v) is 2.45. The van der Waals surface area contributed by atoms with Crippen molar-refractivity contribution in [3.05, 3.63) is 0 Å². The lowest BCUT2D eigenvalue weighted by molar-refractivity contribution is -0.0586. The van der Waals surface area contributed by atoms with Crippen LogP contribution in [0, 0.1) is 0 Å². The summed E-state index contributed by atoms with van der Waals surface area (Å²) in [4.78, 5) is 0. The van der Waals surface area contributed by atoms with Crippen LogP contribution in [0.15, 0.2) is 0 Å². The van der Waals surface area contributed by atoms with Crippen molar-refractivity contribution in [3.63, 3.8) is 0 Å². The van der Waals surface area contributed by atoms with Crippen LogP contribution >= 0.6 is 0 Å². The average molecular weight is 322 g/mol. The number of hydrogen-bond acceptors (Lipinski definition) is 8. The molecule has 22 heavy (non-hydrogen) atoms. The smallest absolute Gasteiger partial charge is 0.115 e. The van der Waals surface area contributed by atoms with Gasteiger partial charge in [-0.25, -0.2) is 0 Å². The third kappa shape index (κ3) is 5.71. The minimum atomic E-state index is -0.548.